The lowest BCUT2D eigenvalue weighted by Gasteiger charge is -2.23. The Labute approximate surface area is 363 Å². The number of aromatic amines is 2. The molecule has 0 fully saturated rings. The highest BCUT2D eigenvalue weighted by Crippen LogP contribution is 2.31. The number of para-hydroxylation sites is 2. The highest BCUT2D eigenvalue weighted by Gasteiger charge is 2.23. The van der Waals surface area contributed by atoms with E-state index in [0.29, 0.717) is 68.3 Å². The minimum atomic E-state index is -0.626. The normalized spacial score (nSPS) is 12.1. The predicted molar refractivity (Wildman–Crippen MR) is 245 cm³/mol. The van der Waals surface area contributed by atoms with Gasteiger partial charge in [-0.15, -0.1) is 0 Å². The summed E-state index contributed by atoms with van der Waals surface area (Å²) in [4.78, 5) is 54.5. The number of H-pyrrole nitrogens is 2. The van der Waals surface area contributed by atoms with E-state index in [9.17, 15) is 18.4 Å². The van der Waals surface area contributed by atoms with Crippen molar-refractivity contribution in [1.82, 2.24) is 44.0 Å². The largest absolute Gasteiger partial charge is 0.360 e. The van der Waals surface area contributed by atoms with E-state index >= 15 is 0 Å². The summed E-state index contributed by atoms with van der Waals surface area (Å²) in [5, 5.41) is 7.94. The number of imidazole rings is 2. The predicted octanol–water partition coefficient (Wildman–Crippen LogP) is 10.2. The number of nitrogens with zero attached hydrogens (tertiary/aromatic N) is 7. The number of rotatable bonds is 9. The molecule has 0 unspecified atom stereocenters. The Balaban J connectivity index is 0.000000170. The molecule has 0 saturated heterocycles. The van der Waals surface area contributed by atoms with Gasteiger partial charge in [-0.25, -0.2) is 33.7 Å². The van der Waals surface area contributed by atoms with Gasteiger partial charge in [0, 0.05) is 29.0 Å². The zero-order valence-electron chi connectivity index (χ0n) is 33.1. The molecule has 0 spiro atoms. The number of aromatic nitrogens is 9. The van der Waals surface area contributed by atoms with Crippen LogP contribution in [0.4, 0.5) is 20.4 Å². The van der Waals surface area contributed by atoms with Crippen LogP contribution in [-0.2, 0) is 0 Å². The second kappa shape index (κ2) is 17.7. The fraction of sp³-hybridized carbons (Fsp3) is 0.128. The summed E-state index contributed by atoms with van der Waals surface area (Å²) in [6.45, 7) is 3.94. The van der Waals surface area contributed by atoms with Crippen molar-refractivity contribution in [3.8, 4) is 11.4 Å². The maximum atomic E-state index is 14.6. The van der Waals surface area contributed by atoms with Crippen molar-refractivity contribution in [3.63, 3.8) is 0 Å². The molecule has 0 saturated carbocycles. The van der Waals surface area contributed by atoms with E-state index in [0.717, 1.165) is 5.52 Å². The number of benzene rings is 4. The first-order valence-electron chi connectivity index (χ1n) is 19.7. The molecule has 4 N–H and O–H groups in total. The zero-order valence-corrected chi connectivity index (χ0v) is 33.9. The first kappa shape index (κ1) is 41.9. The van der Waals surface area contributed by atoms with Crippen LogP contribution in [-0.4, -0.2) is 44.0 Å². The van der Waals surface area contributed by atoms with E-state index < -0.39 is 17.2 Å². The third-order valence-corrected chi connectivity index (χ3v) is 11.0. The molecule has 0 radical (unpaired) electrons. The van der Waals surface area contributed by atoms with Crippen molar-refractivity contribution in [2.45, 2.75) is 39.8 Å². The van der Waals surface area contributed by atoms with Crippen LogP contribution in [0.1, 0.15) is 51.2 Å². The standard InChI is InChI=1S/C23H17ClFN5O.C23H19FN6O.CH4/c1-13(29-22-21-17(9-10-26-22)27-12-28-21)18-11-14-7-8-16(25)20(24)19(14)23(31)30(18)15-5-3-2-4-6-15;1-2-17(29-22-20-21(26-12-25-20)27-13-28-22)18-11-14-7-6-10-16(24)19(14)23(31)30(18)15-8-4-3-5-9-15;/h2-13H,1H3,(H,26,29)(H,27,28);3-13,17H,2H2,1H3,(H2,25,26,27,28,29);1H4/t13-;17-;/m00./s1. The van der Waals surface area contributed by atoms with E-state index in [1.165, 1.54) is 18.5 Å². The van der Waals surface area contributed by atoms with Crippen molar-refractivity contribution in [2.75, 3.05) is 10.6 Å². The lowest BCUT2D eigenvalue weighted by molar-refractivity contribution is 0.629. The van der Waals surface area contributed by atoms with Crippen molar-refractivity contribution < 1.29 is 8.78 Å². The number of halogens is 3. The van der Waals surface area contributed by atoms with Crippen molar-refractivity contribution in [1.29, 1.82) is 0 Å². The van der Waals surface area contributed by atoms with Gasteiger partial charge in [-0.1, -0.05) is 80.5 Å². The Hall–Kier alpha value is -7.78. The van der Waals surface area contributed by atoms with E-state index in [1.54, 1.807) is 46.2 Å². The van der Waals surface area contributed by atoms with Gasteiger partial charge in [-0.2, -0.15) is 0 Å². The van der Waals surface area contributed by atoms with Gasteiger partial charge in [0.1, 0.15) is 29.0 Å². The molecular weight excluding hydrogens is 824 g/mol. The Kier molecular flexibility index (Phi) is 11.8. The van der Waals surface area contributed by atoms with E-state index in [-0.39, 0.29) is 40.9 Å². The third kappa shape index (κ3) is 7.85. The van der Waals surface area contributed by atoms with E-state index in [4.69, 9.17) is 11.6 Å². The van der Waals surface area contributed by atoms with Gasteiger partial charge < -0.3 is 20.6 Å². The van der Waals surface area contributed by atoms with Crippen LogP contribution in [0.2, 0.25) is 5.02 Å². The van der Waals surface area contributed by atoms with E-state index in [2.05, 4.69) is 45.5 Å². The van der Waals surface area contributed by atoms with Gasteiger partial charge in [0.25, 0.3) is 11.1 Å². The number of pyridine rings is 3. The van der Waals surface area contributed by atoms with Crippen LogP contribution < -0.4 is 21.8 Å². The summed E-state index contributed by atoms with van der Waals surface area (Å²) >= 11 is 6.18. The molecule has 0 amide bonds. The molecule has 16 heteroatoms. The fourth-order valence-corrected chi connectivity index (χ4v) is 7.89. The summed E-state index contributed by atoms with van der Waals surface area (Å²) in [5.41, 5.74) is 4.72. The van der Waals surface area contributed by atoms with Gasteiger partial charge in [-0.05, 0) is 78.7 Å². The topological polar surface area (TPSA) is 164 Å². The molecule has 13 nitrogen and oxygen atoms in total. The van der Waals surface area contributed by atoms with Gasteiger partial charge in [0.15, 0.2) is 17.3 Å². The number of hydrogen-bond donors (Lipinski definition) is 4. The SMILES string of the molecule is C.CC[C@H](Nc1ncnc2nc[nH]c12)c1cc2cccc(F)c2c(=O)n1-c1ccccc1.C[C@H](Nc1nccc2[nH]cnc12)c1cc2ccc(F)c(Cl)c2c(=O)n1-c1ccccc1. The molecule has 0 aliphatic carbocycles. The average Bonchev–Trinajstić information content (AvgIpc) is 3.99. The van der Waals surface area contributed by atoms with Crippen molar-refractivity contribution >= 4 is 67.0 Å². The number of fused-ring (bicyclic) bond motifs is 4. The van der Waals surface area contributed by atoms with Gasteiger partial charge in [0.2, 0.25) is 0 Å². The summed E-state index contributed by atoms with van der Waals surface area (Å²) in [6, 6.07) is 30.9. The summed E-state index contributed by atoms with van der Waals surface area (Å²) in [6.07, 6.45) is 6.95. The highest BCUT2D eigenvalue weighted by molar-refractivity contribution is 6.35. The Bertz CT molecular complexity index is 3340. The third-order valence-electron chi connectivity index (χ3n) is 10.6. The molecule has 0 aliphatic rings. The summed E-state index contributed by atoms with van der Waals surface area (Å²) in [7, 11) is 0. The highest BCUT2D eigenvalue weighted by atomic mass is 35.5. The molecule has 63 heavy (non-hydrogen) atoms. The molecule has 10 rings (SSSR count). The smallest absolute Gasteiger partial charge is 0.266 e. The number of hydrogen-bond acceptors (Lipinski definition) is 9. The lowest BCUT2D eigenvalue weighted by atomic mass is 10.0. The molecule has 0 aliphatic heterocycles. The van der Waals surface area contributed by atoms with Crippen LogP contribution in [0, 0.1) is 11.6 Å². The van der Waals surface area contributed by atoms with E-state index in [1.807, 2.05) is 92.7 Å². The molecule has 10 aromatic rings. The maximum absolute atomic E-state index is 14.6. The van der Waals surface area contributed by atoms with Crippen LogP contribution in [0.5, 0.6) is 0 Å². The minimum absolute atomic E-state index is 0. The number of nitrogens with one attached hydrogen (secondary N) is 4. The van der Waals surface area contributed by atoms with Crippen molar-refractivity contribution in [3.05, 3.63) is 183 Å². The van der Waals surface area contributed by atoms with Crippen LogP contribution >= 0.6 is 11.6 Å². The fourth-order valence-electron chi connectivity index (χ4n) is 7.63. The second-order valence-corrected chi connectivity index (χ2v) is 14.8. The van der Waals surface area contributed by atoms with Crippen molar-refractivity contribution in [2.24, 2.45) is 0 Å². The summed E-state index contributed by atoms with van der Waals surface area (Å²) < 4.78 is 31.8. The molecule has 6 heterocycles. The van der Waals surface area contributed by atoms with Crippen LogP contribution in [0.3, 0.4) is 0 Å². The maximum Gasteiger partial charge on any atom is 0.266 e. The quantitative estimate of drug-likeness (QED) is 0.111. The molecule has 0 bridgehead atoms. The second-order valence-electron chi connectivity index (χ2n) is 14.4. The van der Waals surface area contributed by atoms with Crippen LogP contribution in [0.25, 0.3) is 55.1 Å². The van der Waals surface area contributed by atoms with Gasteiger partial charge in [0.05, 0.1) is 46.1 Å². The summed E-state index contributed by atoms with van der Waals surface area (Å²) in [5.74, 6) is 0.0187. The first-order chi connectivity index (χ1) is 30.2. The lowest BCUT2D eigenvalue weighted by Crippen LogP contribution is -2.27. The molecule has 4 aromatic carbocycles. The molecular formula is C47H40ClF2N11O2. The zero-order chi connectivity index (χ0) is 42.9. The molecule has 2 atom stereocenters. The van der Waals surface area contributed by atoms with Gasteiger partial charge >= 0.3 is 0 Å². The molecule has 316 valence electrons. The van der Waals surface area contributed by atoms with Gasteiger partial charge in [-0.3, -0.25) is 18.7 Å². The Morgan fingerprint density at radius 1 is 0.683 bits per heavy atom. The monoisotopic (exact) mass is 863 g/mol. The minimum Gasteiger partial charge on any atom is -0.360 e. The van der Waals surface area contributed by atoms with Crippen LogP contribution in [0.15, 0.2) is 144 Å². The Morgan fingerprint density at radius 2 is 1.35 bits per heavy atom. The average molecular weight is 864 g/mol. The Morgan fingerprint density at radius 3 is 2.08 bits per heavy atom. The number of anilines is 2. The first-order valence-corrected chi connectivity index (χ1v) is 20.0. The molecule has 6 aromatic heterocycles.